The molecule has 0 bridgehead atoms. The molecule has 156 valence electrons. The van der Waals surface area contributed by atoms with Crippen molar-refractivity contribution < 1.29 is 13.9 Å². The third-order valence-corrected chi connectivity index (χ3v) is 5.49. The Morgan fingerprint density at radius 2 is 1.71 bits per heavy atom. The first-order valence-corrected chi connectivity index (χ1v) is 10.8. The predicted octanol–water partition coefficient (Wildman–Crippen LogP) is 5.70. The SMILES string of the molecule is O=C(COc1ccc(Cl)cc1)Nc1ccccc1SCc1nnc(-c2ccccc2)o1. The van der Waals surface area contributed by atoms with Crippen molar-refractivity contribution in [2.45, 2.75) is 10.6 Å². The van der Waals surface area contributed by atoms with Crippen molar-refractivity contribution in [3.63, 3.8) is 0 Å². The quantitative estimate of drug-likeness (QED) is 0.346. The van der Waals surface area contributed by atoms with Crippen LogP contribution in [0.25, 0.3) is 11.5 Å². The first kappa shape index (κ1) is 21.0. The number of carbonyl (C=O) groups excluding carboxylic acids is 1. The van der Waals surface area contributed by atoms with Crippen LogP contribution in [0, 0.1) is 0 Å². The van der Waals surface area contributed by atoms with E-state index in [1.807, 2.05) is 54.6 Å². The molecule has 0 unspecified atom stereocenters. The molecule has 6 nitrogen and oxygen atoms in total. The molecule has 0 aliphatic carbocycles. The Balaban J connectivity index is 1.34. The summed E-state index contributed by atoms with van der Waals surface area (Å²) < 4.78 is 11.2. The molecule has 0 spiro atoms. The highest BCUT2D eigenvalue weighted by Gasteiger charge is 2.12. The molecule has 0 aliphatic heterocycles. The Hall–Kier alpha value is -3.29. The number of hydrogen-bond donors (Lipinski definition) is 1. The molecule has 3 aromatic carbocycles. The van der Waals surface area contributed by atoms with Crippen molar-refractivity contribution in [2.24, 2.45) is 0 Å². The normalized spacial score (nSPS) is 10.6. The molecule has 0 atom stereocenters. The van der Waals surface area contributed by atoms with E-state index in [-0.39, 0.29) is 12.5 Å². The summed E-state index contributed by atoms with van der Waals surface area (Å²) in [6.07, 6.45) is 0. The molecule has 1 heterocycles. The number of carbonyl (C=O) groups is 1. The zero-order valence-electron chi connectivity index (χ0n) is 16.3. The second kappa shape index (κ2) is 10.1. The minimum Gasteiger partial charge on any atom is -0.484 e. The van der Waals surface area contributed by atoms with E-state index in [1.165, 1.54) is 11.8 Å². The number of halogens is 1. The molecule has 4 rings (SSSR count). The van der Waals surface area contributed by atoms with Gasteiger partial charge in [0.15, 0.2) is 6.61 Å². The topological polar surface area (TPSA) is 77.2 Å². The fourth-order valence-corrected chi connectivity index (χ4v) is 3.68. The van der Waals surface area contributed by atoms with Gasteiger partial charge in [-0.05, 0) is 48.5 Å². The average molecular weight is 452 g/mol. The summed E-state index contributed by atoms with van der Waals surface area (Å²) in [5, 5.41) is 11.7. The standard InChI is InChI=1S/C23H18ClN3O3S/c24-17-10-12-18(13-11-17)29-14-21(28)25-19-8-4-5-9-20(19)31-15-22-26-27-23(30-22)16-6-2-1-3-7-16/h1-13H,14-15H2,(H,25,28). The molecular formula is C23H18ClN3O3S. The van der Waals surface area contributed by atoms with Gasteiger partial charge in [-0.3, -0.25) is 4.79 Å². The van der Waals surface area contributed by atoms with Gasteiger partial charge in [0.2, 0.25) is 11.8 Å². The van der Waals surface area contributed by atoms with E-state index in [2.05, 4.69) is 15.5 Å². The number of rotatable bonds is 8. The predicted molar refractivity (Wildman–Crippen MR) is 121 cm³/mol. The Bertz CT molecular complexity index is 1150. The van der Waals surface area contributed by atoms with Gasteiger partial charge in [-0.25, -0.2) is 0 Å². The maximum absolute atomic E-state index is 12.3. The van der Waals surface area contributed by atoms with Crippen LogP contribution in [-0.2, 0) is 10.5 Å². The molecule has 4 aromatic rings. The van der Waals surface area contributed by atoms with Crippen molar-refractivity contribution in [3.05, 3.63) is 89.8 Å². The van der Waals surface area contributed by atoms with Crippen LogP contribution in [-0.4, -0.2) is 22.7 Å². The van der Waals surface area contributed by atoms with Gasteiger partial charge in [0.1, 0.15) is 5.75 Å². The van der Waals surface area contributed by atoms with Crippen molar-refractivity contribution in [2.75, 3.05) is 11.9 Å². The van der Waals surface area contributed by atoms with Crippen LogP contribution in [0.4, 0.5) is 5.69 Å². The highest BCUT2D eigenvalue weighted by Crippen LogP contribution is 2.30. The summed E-state index contributed by atoms with van der Waals surface area (Å²) in [6, 6.07) is 24.0. The molecule has 0 aliphatic rings. The zero-order valence-corrected chi connectivity index (χ0v) is 17.9. The maximum Gasteiger partial charge on any atom is 0.262 e. The number of thioether (sulfide) groups is 1. The van der Waals surface area contributed by atoms with E-state index in [1.54, 1.807) is 24.3 Å². The molecule has 0 saturated carbocycles. The maximum atomic E-state index is 12.3. The third-order valence-electron chi connectivity index (χ3n) is 4.18. The van der Waals surface area contributed by atoms with E-state index in [0.717, 1.165) is 10.5 Å². The van der Waals surface area contributed by atoms with E-state index in [4.69, 9.17) is 20.8 Å². The fourth-order valence-electron chi connectivity index (χ4n) is 2.71. The van der Waals surface area contributed by atoms with Gasteiger partial charge < -0.3 is 14.5 Å². The lowest BCUT2D eigenvalue weighted by Gasteiger charge is -2.11. The summed E-state index contributed by atoms with van der Waals surface area (Å²) in [7, 11) is 0. The second-order valence-corrected chi connectivity index (χ2v) is 7.90. The summed E-state index contributed by atoms with van der Waals surface area (Å²) in [5.74, 6) is 1.79. The van der Waals surface area contributed by atoms with Crippen LogP contribution in [0.2, 0.25) is 5.02 Å². The van der Waals surface area contributed by atoms with Gasteiger partial charge in [-0.2, -0.15) is 0 Å². The largest absolute Gasteiger partial charge is 0.484 e. The lowest BCUT2D eigenvalue weighted by molar-refractivity contribution is -0.118. The first-order valence-electron chi connectivity index (χ1n) is 9.45. The molecular weight excluding hydrogens is 434 g/mol. The van der Waals surface area contributed by atoms with Gasteiger partial charge in [0.05, 0.1) is 11.4 Å². The van der Waals surface area contributed by atoms with Crippen molar-refractivity contribution in [1.29, 1.82) is 0 Å². The second-order valence-electron chi connectivity index (χ2n) is 6.44. The number of para-hydroxylation sites is 1. The third kappa shape index (κ3) is 5.87. The minimum atomic E-state index is -0.257. The minimum absolute atomic E-state index is 0.106. The molecule has 1 N–H and O–H groups in total. The molecule has 8 heteroatoms. The van der Waals surface area contributed by atoms with Crippen molar-refractivity contribution >= 4 is 35.0 Å². The van der Waals surface area contributed by atoms with Gasteiger partial charge >= 0.3 is 0 Å². The summed E-state index contributed by atoms with van der Waals surface area (Å²) in [4.78, 5) is 13.2. The van der Waals surface area contributed by atoms with E-state index in [9.17, 15) is 4.79 Å². The smallest absolute Gasteiger partial charge is 0.262 e. The Morgan fingerprint density at radius 3 is 2.52 bits per heavy atom. The highest BCUT2D eigenvalue weighted by atomic mass is 35.5. The van der Waals surface area contributed by atoms with E-state index < -0.39 is 0 Å². The van der Waals surface area contributed by atoms with Crippen LogP contribution >= 0.6 is 23.4 Å². The lowest BCUT2D eigenvalue weighted by atomic mass is 10.2. The molecule has 0 fully saturated rings. The number of anilines is 1. The molecule has 1 aromatic heterocycles. The summed E-state index contributed by atoms with van der Waals surface area (Å²) in [6.45, 7) is -0.106. The highest BCUT2D eigenvalue weighted by molar-refractivity contribution is 7.98. The van der Waals surface area contributed by atoms with Crippen molar-refractivity contribution in [1.82, 2.24) is 10.2 Å². The molecule has 31 heavy (non-hydrogen) atoms. The van der Waals surface area contributed by atoms with Gasteiger partial charge in [0.25, 0.3) is 5.91 Å². The summed E-state index contributed by atoms with van der Waals surface area (Å²) in [5.41, 5.74) is 1.57. The molecule has 0 radical (unpaired) electrons. The Morgan fingerprint density at radius 1 is 0.968 bits per heavy atom. The van der Waals surface area contributed by atoms with E-state index in [0.29, 0.717) is 34.0 Å². The van der Waals surface area contributed by atoms with Crippen LogP contribution < -0.4 is 10.1 Å². The molecule has 1 amide bonds. The van der Waals surface area contributed by atoms with Crippen molar-refractivity contribution in [3.8, 4) is 17.2 Å². The van der Waals surface area contributed by atoms with Gasteiger partial charge in [-0.15, -0.1) is 22.0 Å². The number of nitrogens with one attached hydrogen (secondary N) is 1. The number of nitrogens with zero attached hydrogens (tertiary/aromatic N) is 2. The van der Waals surface area contributed by atoms with Gasteiger partial charge in [0, 0.05) is 15.5 Å². The van der Waals surface area contributed by atoms with Crippen LogP contribution in [0.5, 0.6) is 5.75 Å². The fraction of sp³-hybridized carbons (Fsp3) is 0.0870. The average Bonchev–Trinajstić information content (AvgIpc) is 3.28. The zero-order chi connectivity index (χ0) is 21.5. The molecule has 0 saturated heterocycles. The van der Waals surface area contributed by atoms with Gasteiger partial charge in [-0.1, -0.05) is 41.9 Å². The Labute approximate surface area is 188 Å². The number of aromatic nitrogens is 2. The number of benzene rings is 3. The first-order chi connectivity index (χ1) is 15.2. The Kier molecular flexibility index (Phi) is 6.86. The van der Waals surface area contributed by atoms with E-state index >= 15 is 0 Å². The van der Waals surface area contributed by atoms with Crippen LogP contribution in [0.1, 0.15) is 5.89 Å². The van der Waals surface area contributed by atoms with Crippen LogP contribution in [0.3, 0.4) is 0 Å². The summed E-state index contributed by atoms with van der Waals surface area (Å²) >= 11 is 7.35. The number of ether oxygens (including phenoxy) is 1. The monoisotopic (exact) mass is 451 g/mol. The number of hydrogen-bond acceptors (Lipinski definition) is 6. The lowest BCUT2D eigenvalue weighted by Crippen LogP contribution is -2.20. The number of amides is 1. The van der Waals surface area contributed by atoms with Crippen LogP contribution in [0.15, 0.2) is 88.2 Å².